The highest BCUT2D eigenvalue weighted by Crippen LogP contribution is 2.81. The third-order valence-corrected chi connectivity index (χ3v) is 6.80. The van der Waals surface area contributed by atoms with Crippen LogP contribution in [0.1, 0.15) is 59.8 Å². The van der Waals surface area contributed by atoms with E-state index in [0.29, 0.717) is 11.3 Å². The Labute approximate surface area is 104 Å². The SMILES string of the molecule is CC1(C)CCC[C@]2(C)C[C@@H](O)[C@](C)(O)[C@@H]3C[C@@]312. The van der Waals surface area contributed by atoms with Gasteiger partial charge in [-0.15, -0.1) is 0 Å². The fraction of sp³-hybridized carbons (Fsp3) is 1.00. The second kappa shape index (κ2) is 2.91. The summed E-state index contributed by atoms with van der Waals surface area (Å²) in [5, 5.41) is 20.8. The van der Waals surface area contributed by atoms with Crippen LogP contribution >= 0.6 is 0 Å². The molecule has 2 heteroatoms. The summed E-state index contributed by atoms with van der Waals surface area (Å²) < 4.78 is 0. The van der Waals surface area contributed by atoms with Crippen molar-refractivity contribution in [3.8, 4) is 0 Å². The molecular weight excluding hydrogens is 212 g/mol. The Bertz CT molecular complexity index is 360. The normalized spacial score (nSPS) is 60.4. The molecule has 17 heavy (non-hydrogen) atoms. The molecule has 0 unspecified atom stereocenters. The predicted octanol–water partition coefficient (Wildman–Crippen LogP) is 2.72. The summed E-state index contributed by atoms with van der Waals surface area (Å²) >= 11 is 0. The lowest BCUT2D eigenvalue weighted by Gasteiger charge is -2.58. The first-order chi connectivity index (χ1) is 7.67. The van der Waals surface area contributed by atoms with Gasteiger partial charge in [-0.05, 0) is 54.8 Å². The predicted molar refractivity (Wildman–Crippen MR) is 67.5 cm³/mol. The van der Waals surface area contributed by atoms with Crippen LogP contribution in [-0.2, 0) is 0 Å². The highest BCUT2D eigenvalue weighted by atomic mass is 16.3. The van der Waals surface area contributed by atoms with E-state index in [4.69, 9.17) is 0 Å². The van der Waals surface area contributed by atoms with E-state index in [-0.39, 0.29) is 10.8 Å². The van der Waals surface area contributed by atoms with Crippen molar-refractivity contribution in [2.75, 3.05) is 0 Å². The second-order valence-electron chi connectivity index (χ2n) is 7.97. The lowest BCUT2D eigenvalue weighted by molar-refractivity contribution is -0.181. The smallest absolute Gasteiger partial charge is 0.0911 e. The van der Waals surface area contributed by atoms with Crippen LogP contribution in [0, 0.1) is 22.2 Å². The maximum Gasteiger partial charge on any atom is 0.0911 e. The Morgan fingerprint density at radius 2 is 1.65 bits per heavy atom. The minimum atomic E-state index is -0.867. The molecule has 1 spiro atoms. The molecule has 3 fully saturated rings. The Balaban J connectivity index is 2.07. The van der Waals surface area contributed by atoms with E-state index in [1.165, 1.54) is 19.3 Å². The van der Waals surface area contributed by atoms with Gasteiger partial charge in [-0.25, -0.2) is 0 Å². The first-order valence-electron chi connectivity index (χ1n) is 7.08. The average Bonchev–Trinajstić information content (AvgIpc) is 2.91. The Kier molecular flexibility index (Phi) is 2.05. The molecule has 0 aromatic heterocycles. The van der Waals surface area contributed by atoms with Crippen LogP contribution in [0.25, 0.3) is 0 Å². The van der Waals surface area contributed by atoms with E-state index < -0.39 is 11.7 Å². The molecule has 2 N–H and O–H groups in total. The van der Waals surface area contributed by atoms with Gasteiger partial charge in [0.05, 0.1) is 11.7 Å². The van der Waals surface area contributed by atoms with Crippen LogP contribution < -0.4 is 0 Å². The third kappa shape index (κ3) is 1.14. The second-order valence-corrected chi connectivity index (χ2v) is 7.97. The number of hydrogen-bond donors (Lipinski definition) is 2. The molecule has 0 radical (unpaired) electrons. The first kappa shape index (κ1) is 12.0. The molecule has 3 rings (SSSR count). The first-order valence-corrected chi connectivity index (χ1v) is 7.08. The zero-order valence-electron chi connectivity index (χ0n) is 11.6. The third-order valence-electron chi connectivity index (χ3n) is 6.80. The van der Waals surface area contributed by atoms with Gasteiger partial charge in [0.15, 0.2) is 0 Å². The topological polar surface area (TPSA) is 40.5 Å². The summed E-state index contributed by atoms with van der Waals surface area (Å²) in [7, 11) is 0. The van der Waals surface area contributed by atoms with Crippen LogP contribution in [-0.4, -0.2) is 21.9 Å². The van der Waals surface area contributed by atoms with Crippen molar-refractivity contribution in [1.82, 2.24) is 0 Å². The summed E-state index contributed by atoms with van der Waals surface area (Å²) in [4.78, 5) is 0. The monoisotopic (exact) mass is 238 g/mol. The maximum atomic E-state index is 10.6. The lowest BCUT2D eigenvalue weighted by Crippen LogP contribution is -2.58. The highest BCUT2D eigenvalue weighted by Gasteiger charge is 2.78. The molecule has 98 valence electrons. The minimum Gasteiger partial charge on any atom is -0.390 e. The van der Waals surface area contributed by atoms with Crippen molar-refractivity contribution in [2.24, 2.45) is 22.2 Å². The van der Waals surface area contributed by atoms with Crippen molar-refractivity contribution in [2.45, 2.75) is 71.5 Å². The van der Waals surface area contributed by atoms with Gasteiger partial charge in [0, 0.05) is 0 Å². The average molecular weight is 238 g/mol. The van der Waals surface area contributed by atoms with E-state index in [1.807, 2.05) is 6.92 Å². The number of aliphatic hydroxyl groups is 2. The number of aliphatic hydroxyl groups excluding tert-OH is 1. The fourth-order valence-electron chi connectivity index (χ4n) is 5.72. The summed E-state index contributed by atoms with van der Waals surface area (Å²) in [5.74, 6) is 0.305. The van der Waals surface area contributed by atoms with E-state index in [2.05, 4.69) is 20.8 Å². The van der Waals surface area contributed by atoms with Crippen molar-refractivity contribution in [3.63, 3.8) is 0 Å². The van der Waals surface area contributed by atoms with Gasteiger partial charge in [-0.1, -0.05) is 27.2 Å². The highest BCUT2D eigenvalue weighted by molar-refractivity contribution is 5.27. The molecule has 3 saturated carbocycles. The molecule has 0 aliphatic heterocycles. The maximum absolute atomic E-state index is 10.6. The van der Waals surface area contributed by atoms with Crippen LogP contribution in [0.15, 0.2) is 0 Å². The minimum absolute atomic E-state index is 0.237. The summed E-state index contributed by atoms with van der Waals surface area (Å²) in [5.41, 5.74) is -0.0367. The Morgan fingerprint density at radius 1 is 1.00 bits per heavy atom. The van der Waals surface area contributed by atoms with E-state index in [9.17, 15) is 10.2 Å². The van der Waals surface area contributed by atoms with Crippen LogP contribution in [0.3, 0.4) is 0 Å². The molecule has 0 amide bonds. The summed E-state index contributed by atoms with van der Waals surface area (Å²) in [6.07, 6.45) is 5.11. The van der Waals surface area contributed by atoms with Crippen LogP contribution in [0.5, 0.6) is 0 Å². The molecule has 5 atom stereocenters. The molecule has 0 heterocycles. The van der Waals surface area contributed by atoms with Gasteiger partial charge < -0.3 is 10.2 Å². The van der Waals surface area contributed by atoms with Gasteiger partial charge in [-0.2, -0.15) is 0 Å². The summed E-state index contributed by atoms with van der Waals surface area (Å²) in [6, 6.07) is 0. The molecule has 0 saturated heterocycles. The zero-order chi connectivity index (χ0) is 12.7. The Hall–Kier alpha value is -0.0800. The van der Waals surface area contributed by atoms with Crippen LogP contribution in [0.2, 0.25) is 0 Å². The van der Waals surface area contributed by atoms with Crippen molar-refractivity contribution in [1.29, 1.82) is 0 Å². The van der Waals surface area contributed by atoms with Gasteiger partial charge in [0.1, 0.15) is 0 Å². The van der Waals surface area contributed by atoms with Crippen LogP contribution in [0.4, 0.5) is 0 Å². The van der Waals surface area contributed by atoms with E-state index >= 15 is 0 Å². The molecule has 3 aliphatic carbocycles. The van der Waals surface area contributed by atoms with Gasteiger partial charge in [0.25, 0.3) is 0 Å². The van der Waals surface area contributed by atoms with Crippen molar-refractivity contribution < 1.29 is 10.2 Å². The van der Waals surface area contributed by atoms with Crippen molar-refractivity contribution in [3.05, 3.63) is 0 Å². The van der Waals surface area contributed by atoms with E-state index in [1.54, 1.807) is 0 Å². The van der Waals surface area contributed by atoms with E-state index in [0.717, 1.165) is 12.8 Å². The number of rotatable bonds is 0. The van der Waals surface area contributed by atoms with Gasteiger partial charge in [0.2, 0.25) is 0 Å². The van der Waals surface area contributed by atoms with Gasteiger partial charge >= 0.3 is 0 Å². The molecular formula is C15H26O2. The quantitative estimate of drug-likeness (QED) is 0.681. The lowest BCUT2D eigenvalue weighted by atomic mass is 9.47. The molecule has 0 bridgehead atoms. The Morgan fingerprint density at radius 3 is 2.29 bits per heavy atom. The molecule has 0 aromatic rings. The summed E-state index contributed by atoms with van der Waals surface area (Å²) in [6.45, 7) is 8.95. The largest absolute Gasteiger partial charge is 0.390 e. The van der Waals surface area contributed by atoms with Gasteiger partial charge in [-0.3, -0.25) is 0 Å². The zero-order valence-corrected chi connectivity index (χ0v) is 11.6. The molecule has 3 aliphatic rings. The molecule has 0 aromatic carbocycles. The number of hydrogen-bond acceptors (Lipinski definition) is 2. The van der Waals surface area contributed by atoms with Crippen molar-refractivity contribution >= 4 is 0 Å². The fourth-order valence-corrected chi connectivity index (χ4v) is 5.72. The standard InChI is InChI=1S/C15H26O2/c1-12(2)6-5-7-13(3)9-11(16)14(4,17)10-8-15(10,12)13/h10-11,16-17H,5-9H2,1-4H3/t10-,11+,13+,14+,15+/m0/s1. The molecule has 2 nitrogen and oxygen atoms in total.